The first kappa shape index (κ1) is 23.1. The number of furan rings is 1. The molecule has 0 radical (unpaired) electrons. The third-order valence-electron chi connectivity index (χ3n) is 4.60. The highest BCUT2D eigenvalue weighted by Gasteiger charge is 2.22. The van der Waals surface area contributed by atoms with Crippen molar-refractivity contribution < 1.29 is 31.9 Å². The molecule has 1 N–H and O–H groups in total. The van der Waals surface area contributed by atoms with E-state index in [-0.39, 0.29) is 40.7 Å². The number of sulfonamides is 1. The molecule has 9 heteroatoms. The molecule has 3 aromatic rings. The summed E-state index contributed by atoms with van der Waals surface area (Å²) in [5.74, 6) is -1.24. The van der Waals surface area contributed by atoms with Gasteiger partial charge in [0.05, 0.1) is 29.0 Å². The van der Waals surface area contributed by atoms with E-state index >= 15 is 0 Å². The van der Waals surface area contributed by atoms with Crippen LogP contribution >= 0.6 is 0 Å². The molecule has 0 fully saturated rings. The zero-order valence-electron chi connectivity index (χ0n) is 17.9. The van der Waals surface area contributed by atoms with Crippen molar-refractivity contribution in [2.24, 2.45) is 0 Å². The fraction of sp³-hybridized carbons (Fsp3) is 0.217. The van der Waals surface area contributed by atoms with Crippen LogP contribution in [0, 0.1) is 13.8 Å². The van der Waals surface area contributed by atoms with Crippen LogP contribution in [0.5, 0.6) is 0 Å². The maximum absolute atomic E-state index is 12.9. The maximum Gasteiger partial charge on any atom is 0.341 e. The van der Waals surface area contributed by atoms with Gasteiger partial charge in [0.1, 0.15) is 5.56 Å². The Balaban J connectivity index is 1.80. The van der Waals surface area contributed by atoms with E-state index in [9.17, 15) is 18.0 Å². The Kier molecular flexibility index (Phi) is 6.99. The average Bonchev–Trinajstić information content (AvgIpc) is 3.23. The quantitative estimate of drug-likeness (QED) is 0.504. The van der Waals surface area contributed by atoms with Crippen molar-refractivity contribution in [1.29, 1.82) is 0 Å². The van der Waals surface area contributed by atoms with E-state index in [2.05, 4.69) is 4.72 Å². The molecule has 1 heterocycles. The number of nitrogens with one attached hydrogen (secondary N) is 1. The molecule has 0 saturated carbocycles. The first-order valence-electron chi connectivity index (χ1n) is 9.82. The van der Waals surface area contributed by atoms with Gasteiger partial charge in [-0.3, -0.25) is 4.72 Å². The van der Waals surface area contributed by atoms with Crippen molar-refractivity contribution in [2.75, 3.05) is 11.3 Å². The average molecular weight is 458 g/mol. The van der Waals surface area contributed by atoms with Crippen LogP contribution in [-0.4, -0.2) is 27.0 Å². The predicted octanol–water partition coefficient (Wildman–Crippen LogP) is 4.23. The zero-order chi connectivity index (χ0) is 23.3. The Morgan fingerprint density at radius 3 is 2.44 bits per heavy atom. The first-order valence-corrected chi connectivity index (χ1v) is 11.3. The number of ether oxygens (including phenoxy) is 2. The van der Waals surface area contributed by atoms with Gasteiger partial charge in [0.25, 0.3) is 10.0 Å². The fourth-order valence-electron chi connectivity index (χ4n) is 3.00. The van der Waals surface area contributed by atoms with Crippen LogP contribution < -0.4 is 4.72 Å². The molecule has 0 bridgehead atoms. The third kappa shape index (κ3) is 5.17. The largest absolute Gasteiger partial charge is 0.465 e. The minimum Gasteiger partial charge on any atom is -0.465 e. The van der Waals surface area contributed by atoms with Crippen LogP contribution in [0.3, 0.4) is 0 Å². The third-order valence-corrected chi connectivity index (χ3v) is 6.11. The molecule has 0 unspecified atom stereocenters. The minimum atomic E-state index is -3.94. The number of esters is 2. The molecule has 8 nitrogen and oxygen atoms in total. The number of anilines is 1. The van der Waals surface area contributed by atoms with Crippen LogP contribution in [-0.2, 0) is 26.1 Å². The van der Waals surface area contributed by atoms with E-state index in [0.717, 1.165) is 5.56 Å². The Morgan fingerprint density at radius 1 is 0.969 bits per heavy atom. The van der Waals surface area contributed by atoms with Gasteiger partial charge in [0.2, 0.25) is 0 Å². The van der Waals surface area contributed by atoms with E-state index in [0.29, 0.717) is 5.56 Å². The molecule has 0 spiro atoms. The molecule has 0 aliphatic rings. The van der Waals surface area contributed by atoms with Crippen molar-refractivity contribution in [2.45, 2.75) is 32.3 Å². The molecule has 0 saturated heterocycles. The second-order valence-electron chi connectivity index (χ2n) is 6.97. The van der Waals surface area contributed by atoms with Gasteiger partial charge in [-0.15, -0.1) is 0 Å². The summed E-state index contributed by atoms with van der Waals surface area (Å²) in [6, 6.07) is 12.6. The summed E-state index contributed by atoms with van der Waals surface area (Å²) in [6.45, 7) is 5.03. The lowest BCUT2D eigenvalue weighted by atomic mass is 10.2. The highest BCUT2D eigenvalue weighted by atomic mass is 32.2. The van der Waals surface area contributed by atoms with Crippen molar-refractivity contribution in [3.8, 4) is 0 Å². The second kappa shape index (κ2) is 9.69. The number of hydrogen-bond donors (Lipinski definition) is 1. The molecule has 0 aliphatic heterocycles. The molecule has 0 atom stereocenters. The number of hydrogen-bond acceptors (Lipinski definition) is 7. The highest BCUT2D eigenvalue weighted by Crippen LogP contribution is 2.24. The Morgan fingerprint density at radius 2 is 1.69 bits per heavy atom. The topological polar surface area (TPSA) is 112 Å². The molecular formula is C23H23NO7S. The molecular weight excluding hydrogens is 434 g/mol. The van der Waals surface area contributed by atoms with Crippen LogP contribution in [0.1, 0.15) is 44.5 Å². The second-order valence-corrected chi connectivity index (χ2v) is 8.62. The SMILES string of the molecule is CCOC(=O)c1ccoc1COC(=O)c1ccccc1NS(=O)(=O)c1cc(C)ccc1C. The lowest BCUT2D eigenvalue weighted by molar-refractivity contribution is 0.0424. The van der Waals surface area contributed by atoms with Gasteiger partial charge in [0.15, 0.2) is 12.4 Å². The lowest BCUT2D eigenvalue weighted by Crippen LogP contribution is -2.17. The van der Waals surface area contributed by atoms with E-state index in [1.807, 2.05) is 6.07 Å². The van der Waals surface area contributed by atoms with Gasteiger partial charge in [-0.05, 0) is 56.2 Å². The van der Waals surface area contributed by atoms with Gasteiger partial charge >= 0.3 is 11.9 Å². The summed E-state index contributed by atoms with van der Waals surface area (Å²) in [6.07, 6.45) is 1.29. The van der Waals surface area contributed by atoms with Crippen LogP contribution in [0.2, 0.25) is 0 Å². The van der Waals surface area contributed by atoms with Crippen molar-refractivity contribution in [1.82, 2.24) is 0 Å². The zero-order valence-corrected chi connectivity index (χ0v) is 18.7. The monoisotopic (exact) mass is 457 g/mol. The standard InChI is InChI=1S/C23H23NO7S/c1-4-29-23(26)18-11-12-30-20(18)14-31-22(25)17-7-5-6-8-19(17)24-32(27,28)21-13-15(2)9-10-16(21)3/h5-13,24H,4,14H2,1-3H3. The molecule has 32 heavy (non-hydrogen) atoms. The molecule has 168 valence electrons. The van der Waals surface area contributed by atoms with Crippen LogP contribution in [0.4, 0.5) is 5.69 Å². The molecule has 1 aromatic heterocycles. The Labute approximate surface area is 186 Å². The highest BCUT2D eigenvalue weighted by molar-refractivity contribution is 7.92. The van der Waals surface area contributed by atoms with Crippen LogP contribution in [0.25, 0.3) is 0 Å². The smallest absolute Gasteiger partial charge is 0.341 e. The number of benzene rings is 2. The Hall–Kier alpha value is -3.59. The normalized spacial score (nSPS) is 11.1. The van der Waals surface area contributed by atoms with Gasteiger partial charge in [-0.1, -0.05) is 24.3 Å². The van der Waals surface area contributed by atoms with Gasteiger partial charge in [-0.25, -0.2) is 18.0 Å². The molecule has 0 amide bonds. The molecule has 2 aromatic carbocycles. The van der Waals surface area contributed by atoms with Crippen LogP contribution in [0.15, 0.2) is 64.1 Å². The predicted molar refractivity (Wildman–Crippen MR) is 117 cm³/mol. The summed E-state index contributed by atoms with van der Waals surface area (Å²) >= 11 is 0. The summed E-state index contributed by atoms with van der Waals surface area (Å²) in [4.78, 5) is 24.8. The van der Waals surface area contributed by atoms with Crippen molar-refractivity contribution in [3.63, 3.8) is 0 Å². The summed E-state index contributed by atoms with van der Waals surface area (Å²) in [5.41, 5.74) is 1.62. The number of rotatable bonds is 8. The number of para-hydroxylation sites is 1. The van der Waals surface area contributed by atoms with Crippen molar-refractivity contribution >= 4 is 27.6 Å². The lowest BCUT2D eigenvalue weighted by Gasteiger charge is -2.14. The number of carbonyl (C=O) groups excluding carboxylic acids is 2. The van der Waals surface area contributed by atoms with E-state index in [4.69, 9.17) is 13.9 Å². The number of aryl methyl sites for hydroxylation is 2. The number of carbonyl (C=O) groups is 2. The molecule has 3 rings (SSSR count). The van der Waals surface area contributed by atoms with E-state index < -0.39 is 22.0 Å². The maximum atomic E-state index is 12.9. The van der Waals surface area contributed by atoms with Gasteiger partial charge in [-0.2, -0.15) is 0 Å². The Bertz CT molecular complexity index is 1240. The van der Waals surface area contributed by atoms with Crippen molar-refractivity contribution in [3.05, 3.63) is 82.8 Å². The summed E-state index contributed by atoms with van der Waals surface area (Å²) < 4.78 is 43.8. The van der Waals surface area contributed by atoms with Gasteiger partial charge < -0.3 is 13.9 Å². The fourth-order valence-corrected chi connectivity index (χ4v) is 4.41. The first-order chi connectivity index (χ1) is 15.2. The van der Waals surface area contributed by atoms with E-state index in [1.165, 1.54) is 24.5 Å². The van der Waals surface area contributed by atoms with Gasteiger partial charge in [0, 0.05) is 0 Å². The van der Waals surface area contributed by atoms with E-state index in [1.54, 1.807) is 45.0 Å². The summed E-state index contributed by atoms with van der Waals surface area (Å²) in [7, 11) is -3.94. The summed E-state index contributed by atoms with van der Waals surface area (Å²) in [5, 5.41) is 0. The minimum absolute atomic E-state index is 0.0191. The molecule has 0 aliphatic carbocycles.